The van der Waals surface area contributed by atoms with Crippen molar-refractivity contribution in [3.05, 3.63) is 48.6 Å². The van der Waals surface area contributed by atoms with Crippen molar-refractivity contribution < 1.29 is 9.53 Å². The highest BCUT2D eigenvalue weighted by atomic mass is 35.5. The van der Waals surface area contributed by atoms with E-state index in [0.717, 1.165) is 5.56 Å². The molecule has 1 aromatic rings. The van der Waals surface area contributed by atoms with Crippen LogP contribution in [0.3, 0.4) is 0 Å². The van der Waals surface area contributed by atoms with Gasteiger partial charge in [-0.1, -0.05) is 36.9 Å². The zero-order chi connectivity index (χ0) is 12.8. The number of esters is 1. The van der Waals surface area contributed by atoms with Gasteiger partial charge < -0.3 is 9.64 Å². The van der Waals surface area contributed by atoms with Gasteiger partial charge in [-0.3, -0.25) is 0 Å². The van der Waals surface area contributed by atoms with E-state index in [-0.39, 0.29) is 24.6 Å². The number of carbonyl (C=O) groups excluding carboxylic acids is 1. The summed E-state index contributed by atoms with van der Waals surface area (Å²) in [6.45, 7) is 5.45. The van der Waals surface area contributed by atoms with Gasteiger partial charge >= 0.3 is 5.97 Å². The van der Waals surface area contributed by atoms with Gasteiger partial charge in [0.2, 0.25) is 0 Å². The number of nitrogens with zero attached hydrogens (tertiary/aromatic N) is 1. The van der Waals surface area contributed by atoms with Crippen LogP contribution in [0.4, 0.5) is 0 Å². The largest absolute Gasteiger partial charge is 0.453 e. The van der Waals surface area contributed by atoms with Crippen molar-refractivity contribution in [3.63, 3.8) is 0 Å². The van der Waals surface area contributed by atoms with Gasteiger partial charge in [0.05, 0.1) is 0 Å². The molecule has 0 bridgehead atoms. The van der Waals surface area contributed by atoms with Gasteiger partial charge in [0.15, 0.2) is 0 Å². The van der Waals surface area contributed by atoms with Crippen molar-refractivity contribution in [2.24, 2.45) is 0 Å². The van der Waals surface area contributed by atoms with E-state index in [1.165, 1.54) is 6.08 Å². The smallest absolute Gasteiger partial charge is 0.330 e. The van der Waals surface area contributed by atoms with Crippen LogP contribution in [0, 0.1) is 0 Å². The Kier molecular flexibility index (Phi) is 7.32. The summed E-state index contributed by atoms with van der Waals surface area (Å²) >= 11 is 0. The normalized spacial score (nSPS) is 13.3. The lowest BCUT2D eigenvalue weighted by molar-refractivity contribution is -0.146. The number of likely N-dealkylation sites (N-methyl/N-ethyl adjacent to an activating group) is 1. The summed E-state index contributed by atoms with van der Waals surface area (Å²) < 4.78 is 5.41. The molecule has 2 unspecified atom stereocenters. The van der Waals surface area contributed by atoms with Crippen LogP contribution in [0.2, 0.25) is 0 Å². The van der Waals surface area contributed by atoms with Crippen LogP contribution < -0.4 is 0 Å². The highest BCUT2D eigenvalue weighted by molar-refractivity contribution is 5.85. The molecule has 2 atom stereocenters. The molecular formula is C14H20ClNO2. The summed E-state index contributed by atoms with van der Waals surface area (Å²) in [5, 5.41) is 0. The first-order chi connectivity index (χ1) is 8.06. The fraction of sp³-hybridized carbons (Fsp3) is 0.357. The fourth-order valence-electron chi connectivity index (χ4n) is 1.53. The Bertz CT molecular complexity index is 379. The lowest BCUT2D eigenvalue weighted by atomic mass is 10.0. The molecule has 0 aliphatic rings. The summed E-state index contributed by atoms with van der Waals surface area (Å²) in [4.78, 5) is 13.4. The molecule has 0 aliphatic heterocycles. The molecule has 0 aliphatic carbocycles. The number of carbonyl (C=O) groups is 1. The van der Waals surface area contributed by atoms with Crippen LogP contribution in [-0.2, 0) is 9.53 Å². The molecule has 0 saturated carbocycles. The van der Waals surface area contributed by atoms with Crippen LogP contribution in [0.25, 0.3) is 0 Å². The van der Waals surface area contributed by atoms with Crippen molar-refractivity contribution in [2.45, 2.75) is 19.1 Å². The average molecular weight is 270 g/mol. The first-order valence-electron chi connectivity index (χ1n) is 5.60. The van der Waals surface area contributed by atoms with Gasteiger partial charge in [-0.05, 0) is 26.6 Å². The van der Waals surface area contributed by atoms with Gasteiger partial charge in [-0.25, -0.2) is 4.79 Å². The molecule has 18 heavy (non-hydrogen) atoms. The Labute approximate surface area is 115 Å². The molecule has 3 nitrogen and oxygen atoms in total. The Morgan fingerprint density at radius 2 is 1.89 bits per heavy atom. The Morgan fingerprint density at radius 1 is 1.33 bits per heavy atom. The van der Waals surface area contributed by atoms with E-state index in [1.807, 2.05) is 56.3 Å². The number of rotatable bonds is 5. The zero-order valence-corrected chi connectivity index (χ0v) is 11.8. The molecule has 0 saturated heterocycles. The highest BCUT2D eigenvalue weighted by Crippen LogP contribution is 2.23. The molecule has 0 aromatic heterocycles. The minimum Gasteiger partial charge on any atom is -0.453 e. The molecule has 0 fully saturated rings. The fourth-order valence-corrected chi connectivity index (χ4v) is 1.53. The maximum atomic E-state index is 11.4. The van der Waals surface area contributed by atoms with Crippen molar-refractivity contribution in [1.82, 2.24) is 4.90 Å². The van der Waals surface area contributed by atoms with E-state index in [2.05, 4.69) is 6.58 Å². The Hall–Kier alpha value is -1.32. The van der Waals surface area contributed by atoms with Gasteiger partial charge in [-0.2, -0.15) is 0 Å². The van der Waals surface area contributed by atoms with E-state index in [9.17, 15) is 4.79 Å². The van der Waals surface area contributed by atoms with Crippen LogP contribution in [0.15, 0.2) is 43.0 Å². The van der Waals surface area contributed by atoms with E-state index in [1.54, 1.807) is 0 Å². The molecule has 0 spiro atoms. The van der Waals surface area contributed by atoms with Crippen molar-refractivity contribution in [1.29, 1.82) is 0 Å². The lowest BCUT2D eigenvalue weighted by Gasteiger charge is -2.29. The highest BCUT2D eigenvalue weighted by Gasteiger charge is 2.23. The summed E-state index contributed by atoms with van der Waals surface area (Å²) in [6.07, 6.45) is 0.912. The first kappa shape index (κ1) is 16.7. The zero-order valence-electron chi connectivity index (χ0n) is 11.0. The Balaban J connectivity index is 0.00000289. The minimum absolute atomic E-state index is 0. The minimum atomic E-state index is -0.396. The van der Waals surface area contributed by atoms with E-state index >= 15 is 0 Å². The summed E-state index contributed by atoms with van der Waals surface area (Å²) in [6, 6.07) is 9.83. The number of hydrogen-bond donors (Lipinski definition) is 0. The second-order valence-electron chi connectivity index (χ2n) is 4.18. The standard InChI is InChI=1S/C14H19NO2.ClH/c1-5-13(16)17-14(11(2)15(3)4)12-9-7-6-8-10-12;/h5-11,14H,1H2,2-4H3;1H. The van der Waals surface area contributed by atoms with Crippen molar-refractivity contribution in [3.8, 4) is 0 Å². The predicted molar refractivity (Wildman–Crippen MR) is 75.9 cm³/mol. The van der Waals surface area contributed by atoms with Crippen LogP contribution in [0.1, 0.15) is 18.6 Å². The molecule has 0 amide bonds. The quantitative estimate of drug-likeness (QED) is 0.608. The third-order valence-electron chi connectivity index (χ3n) is 2.79. The molecule has 0 radical (unpaired) electrons. The maximum absolute atomic E-state index is 11.4. The molecule has 0 heterocycles. The van der Waals surface area contributed by atoms with E-state index in [4.69, 9.17) is 4.74 Å². The molecule has 0 N–H and O–H groups in total. The van der Waals surface area contributed by atoms with Crippen molar-refractivity contribution >= 4 is 18.4 Å². The van der Waals surface area contributed by atoms with Crippen LogP contribution in [0.5, 0.6) is 0 Å². The molecule has 1 aromatic carbocycles. The third-order valence-corrected chi connectivity index (χ3v) is 2.79. The number of hydrogen-bond acceptors (Lipinski definition) is 3. The number of ether oxygens (including phenoxy) is 1. The predicted octanol–water partition coefficient (Wildman–Crippen LogP) is 2.83. The summed E-state index contributed by atoms with van der Waals surface area (Å²) in [5.74, 6) is -0.396. The van der Waals surface area contributed by atoms with Gasteiger partial charge in [-0.15, -0.1) is 12.4 Å². The number of halogens is 1. The van der Waals surface area contributed by atoms with Crippen molar-refractivity contribution in [2.75, 3.05) is 14.1 Å². The molecular weight excluding hydrogens is 250 g/mol. The second-order valence-corrected chi connectivity index (χ2v) is 4.18. The van der Waals surface area contributed by atoms with Gasteiger partial charge in [0.25, 0.3) is 0 Å². The third kappa shape index (κ3) is 4.51. The van der Waals surface area contributed by atoms with E-state index < -0.39 is 5.97 Å². The van der Waals surface area contributed by atoms with Gasteiger partial charge in [0.1, 0.15) is 6.10 Å². The maximum Gasteiger partial charge on any atom is 0.330 e. The Morgan fingerprint density at radius 3 is 2.33 bits per heavy atom. The lowest BCUT2D eigenvalue weighted by Crippen LogP contribution is -2.33. The van der Waals surface area contributed by atoms with Gasteiger partial charge in [0, 0.05) is 12.1 Å². The SMILES string of the molecule is C=CC(=O)OC(c1ccccc1)C(C)N(C)C.Cl. The topological polar surface area (TPSA) is 29.5 Å². The summed E-state index contributed by atoms with van der Waals surface area (Å²) in [7, 11) is 3.92. The number of benzene rings is 1. The van der Waals surface area contributed by atoms with Crippen LogP contribution in [-0.4, -0.2) is 31.0 Å². The molecule has 100 valence electrons. The molecule has 4 heteroatoms. The second kappa shape index (κ2) is 7.90. The average Bonchev–Trinajstić information content (AvgIpc) is 2.35. The molecule has 1 rings (SSSR count). The van der Waals surface area contributed by atoms with E-state index in [0.29, 0.717) is 0 Å². The first-order valence-corrected chi connectivity index (χ1v) is 5.60. The summed E-state index contributed by atoms with van der Waals surface area (Å²) in [5.41, 5.74) is 0.990. The monoisotopic (exact) mass is 269 g/mol. The van der Waals surface area contributed by atoms with Crippen LogP contribution >= 0.6 is 12.4 Å².